The van der Waals surface area contributed by atoms with Gasteiger partial charge in [0.05, 0.1) is 16.8 Å². The molecular weight excluding hydrogens is 270 g/mol. The number of benzene rings is 2. The molecule has 2 rings (SSSR count). The van der Waals surface area contributed by atoms with Crippen LogP contribution in [-0.4, -0.2) is 6.54 Å². The minimum Gasteiger partial charge on any atom is -0.374 e. The first-order valence-electron chi connectivity index (χ1n) is 5.78. The highest BCUT2D eigenvalue weighted by molar-refractivity contribution is 6.30. The predicted molar refractivity (Wildman–Crippen MR) is 73.2 cm³/mol. The highest BCUT2D eigenvalue weighted by Crippen LogP contribution is 2.26. The standard InChI is InChI=1S/C14H13ClF2N2/c15-10-5-3-4-9(14(10)17)13(8-18)19-12-7-2-1-6-11(12)16/h1-7,13,19H,8,18H2. The molecule has 1 unspecified atom stereocenters. The molecule has 2 aromatic rings. The number of rotatable bonds is 4. The first kappa shape index (κ1) is 13.8. The van der Waals surface area contributed by atoms with Gasteiger partial charge in [-0.15, -0.1) is 0 Å². The first-order valence-corrected chi connectivity index (χ1v) is 6.16. The van der Waals surface area contributed by atoms with Crippen molar-refractivity contribution in [3.05, 3.63) is 64.7 Å². The quantitative estimate of drug-likeness (QED) is 0.897. The summed E-state index contributed by atoms with van der Waals surface area (Å²) >= 11 is 5.73. The second kappa shape index (κ2) is 5.99. The second-order valence-electron chi connectivity index (χ2n) is 4.06. The molecule has 0 spiro atoms. The molecule has 0 aromatic heterocycles. The lowest BCUT2D eigenvalue weighted by Gasteiger charge is -2.20. The molecule has 0 heterocycles. The Morgan fingerprint density at radius 3 is 2.53 bits per heavy atom. The monoisotopic (exact) mass is 282 g/mol. The SMILES string of the molecule is NCC(Nc1ccccc1F)c1cccc(Cl)c1F. The van der Waals surface area contributed by atoms with Crippen LogP contribution in [0.3, 0.4) is 0 Å². The van der Waals surface area contributed by atoms with Gasteiger partial charge in [-0.1, -0.05) is 35.9 Å². The van der Waals surface area contributed by atoms with Crippen LogP contribution in [0.25, 0.3) is 0 Å². The highest BCUT2D eigenvalue weighted by atomic mass is 35.5. The molecule has 0 bridgehead atoms. The molecule has 0 radical (unpaired) electrons. The maximum absolute atomic E-state index is 13.9. The van der Waals surface area contributed by atoms with E-state index >= 15 is 0 Å². The molecule has 0 amide bonds. The van der Waals surface area contributed by atoms with E-state index < -0.39 is 17.7 Å². The Labute approximate surface area is 115 Å². The number of nitrogens with one attached hydrogen (secondary N) is 1. The normalized spacial score (nSPS) is 12.2. The molecule has 5 heteroatoms. The molecule has 100 valence electrons. The Kier molecular flexibility index (Phi) is 4.35. The van der Waals surface area contributed by atoms with Crippen molar-refractivity contribution in [2.75, 3.05) is 11.9 Å². The molecule has 0 aliphatic rings. The summed E-state index contributed by atoms with van der Waals surface area (Å²) < 4.78 is 27.5. The molecule has 0 saturated carbocycles. The van der Waals surface area contributed by atoms with E-state index in [4.69, 9.17) is 17.3 Å². The fourth-order valence-electron chi connectivity index (χ4n) is 1.82. The summed E-state index contributed by atoms with van der Waals surface area (Å²) in [5.41, 5.74) is 6.22. The van der Waals surface area contributed by atoms with Crippen LogP contribution in [0, 0.1) is 11.6 Å². The summed E-state index contributed by atoms with van der Waals surface area (Å²) in [5, 5.41) is 2.90. The average molecular weight is 283 g/mol. The molecule has 0 aliphatic carbocycles. The molecular formula is C14H13ClF2N2. The third kappa shape index (κ3) is 3.03. The summed E-state index contributed by atoms with van der Waals surface area (Å²) in [6, 6.07) is 10.3. The smallest absolute Gasteiger partial charge is 0.147 e. The first-order chi connectivity index (χ1) is 9.13. The van der Waals surface area contributed by atoms with Crippen LogP contribution in [0.2, 0.25) is 5.02 Å². The van der Waals surface area contributed by atoms with Crippen LogP contribution in [0.15, 0.2) is 42.5 Å². The fraction of sp³-hybridized carbons (Fsp3) is 0.143. The minimum atomic E-state index is -0.546. The van der Waals surface area contributed by atoms with Gasteiger partial charge in [-0.05, 0) is 18.2 Å². The fourth-order valence-corrected chi connectivity index (χ4v) is 2.00. The number of para-hydroxylation sites is 1. The Bertz CT molecular complexity index is 575. The van der Waals surface area contributed by atoms with Crippen molar-refractivity contribution < 1.29 is 8.78 Å². The lowest BCUT2D eigenvalue weighted by Crippen LogP contribution is -2.22. The molecule has 0 fully saturated rings. The van der Waals surface area contributed by atoms with Crippen molar-refractivity contribution in [3.63, 3.8) is 0 Å². The minimum absolute atomic E-state index is 0.0197. The second-order valence-corrected chi connectivity index (χ2v) is 4.46. The van der Waals surface area contributed by atoms with E-state index in [1.807, 2.05) is 0 Å². The van der Waals surface area contributed by atoms with Crippen molar-refractivity contribution in [1.29, 1.82) is 0 Å². The lowest BCUT2D eigenvalue weighted by atomic mass is 10.1. The Balaban J connectivity index is 2.31. The van der Waals surface area contributed by atoms with Crippen LogP contribution >= 0.6 is 11.6 Å². The third-order valence-corrected chi connectivity index (χ3v) is 3.09. The number of nitrogens with two attached hydrogens (primary N) is 1. The maximum Gasteiger partial charge on any atom is 0.147 e. The molecule has 0 aliphatic heterocycles. The predicted octanol–water partition coefficient (Wildman–Crippen LogP) is 3.73. The van der Waals surface area contributed by atoms with Gasteiger partial charge in [-0.2, -0.15) is 0 Å². The summed E-state index contributed by atoms with van der Waals surface area (Å²) in [7, 11) is 0. The zero-order chi connectivity index (χ0) is 13.8. The van der Waals surface area contributed by atoms with E-state index in [1.165, 1.54) is 12.1 Å². The van der Waals surface area contributed by atoms with E-state index in [0.717, 1.165) is 0 Å². The number of hydrogen-bond donors (Lipinski definition) is 2. The summed E-state index contributed by atoms with van der Waals surface area (Å²) in [6.45, 7) is 0.117. The van der Waals surface area contributed by atoms with Gasteiger partial charge < -0.3 is 11.1 Å². The Hall–Kier alpha value is -1.65. The highest BCUT2D eigenvalue weighted by Gasteiger charge is 2.17. The summed E-state index contributed by atoms with van der Waals surface area (Å²) in [4.78, 5) is 0. The van der Waals surface area contributed by atoms with E-state index in [0.29, 0.717) is 5.56 Å². The molecule has 2 nitrogen and oxygen atoms in total. The van der Waals surface area contributed by atoms with Crippen LogP contribution in [0.4, 0.5) is 14.5 Å². The van der Waals surface area contributed by atoms with Crippen LogP contribution in [0.1, 0.15) is 11.6 Å². The van der Waals surface area contributed by atoms with E-state index in [9.17, 15) is 8.78 Å². The van der Waals surface area contributed by atoms with Crippen LogP contribution in [-0.2, 0) is 0 Å². The molecule has 1 atom stereocenters. The van der Waals surface area contributed by atoms with Crippen molar-refractivity contribution >= 4 is 17.3 Å². The van der Waals surface area contributed by atoms with Crippen LogP contribution in [0.5, 0.6) is 0 Å². The lowest BCUT2D eigenvalue weighted by molar-refractivity contribution is 0.589. The number of hydrogen-bond acceptors (Lipinski definition) is 2. The van der Waals surface area contributed by atoms with Crippen molar-refractivity contribution in [3.8, 4) is 0 Å². The van der Waals surface area contributed by atoms with Crippen molar-refractivity contribution in [2.45, 2.75) is 6.04 Å². The van der Waals surface area contributed by atoms with Gasteiger partial charge in [-0.25, -0.2) is 8.78 Å². The van der Waals surface area contributed by atoms with E-state index in [2.05, 4.69) is 5.32 Å². The zero-order valence-corrected chi connectivity index (χ0v) is 10.8. The largest absolute Gasteiger partial charge is 0.374 e. The number of anilines is 1. The summed E-state index contributed by atoms with van der Waals surface area (Å²) in [6.07, 6.45) is 0. The zero-order valence-electron chi connectivity index (χ0n) is 10.0. The molecule has 0 saturated heterocycles. The van der Waals surface area contributed by atoms with Gasteiger partial charge in [0.2, 0.25) is 0 Å². The van der Waals surface area contributed by atoms with Crippen molar-refractivity contribution in [2.24, 2.45) is 5.73 Å². The van der Waals surface area contributed by atoms with Gasteiger partial charge in [0.25, 0.3) is 0 Å². The van der Waals surface area contributed by atoms with E-state index in [1.54, 1.807) is 30.3 Å². The van der Waals surface area contributed by atoms with Gasteiger partial charge in [0.1, 0.15) is 11.6 Å². The number of halogens is 3. The van der Waals surface area contributed by atoms with Crippen molar-refractivity contribution in [1.82, 2.24) is 0 Å². The third-order valence-electron chi connectivity index (χ3n) is 2.80. The maximum atomic E-state index is 13.9. The van der Waals surface area contributed by atoms with Gasteiger partial charge in [0, 0.05) is 12.1 Å². The van der Waals surface area contributed by atoms with E-state index in [-0.39, 0.29) is 17.3 Å². The van der Waals surface area contributed by atoms with Crippen LogP contribution < -0.4 is 11.1 Å². The Morgan fingerprint density at radius 1 is 1.11 bits per heavy atom. The molecule has 19 heavy (non-hydrogen) atoms. The van der Waals surface area contributed by atoms with Gasteiger partial charge in [0.15, 0.2) is 0 Å². The Morgan fingerprint density at radius 2 is 1.84 bits per heavy atom. The molecule has 2 aromatic carbocycles. The molecule has 3 N–H and O–H groups in total. The average Bonchev–Trinajstić information content (AvgIpc) is 2.41. The van der Waals surface area contributed by atoms with Gasteiger partial charge >= 0.3 is 0 Å². The summed E-state index contributed by atoms with van der Waals surface area (Å²) in [5.74, 6) is -0.952. The van der Waals surface area contributed by atoms with Gasteiger partial charge in [-0.3, -0.25) is 0 Å². The topological polar surface area (TPSA) is 38.0 Å².